The van der Waals surface area contributed by atoms with Gasteiger partial charge >= 0.3 is 0 Å². The molecule has 3 heterocycles. The first kappa shape index (κ1) is 17.1. The summed E-state index contributed by atoms with van der Waals surface area (Å²) in [5.74, 6) is 3.16. The lowest BCUT2D eigenvalue weighted by atomic mass is 10.1. The quantitative estimate of drug-likeness (QED) is 0.878. The fourth-order valence-electron chi connectivity index (χ4n) is 4.10. The molecule has 2 N–H and O–H groups in total. The van der Waals surface area contributed by atoms with Gasteiger partial charge in [0.2, 0.25) is 5.95 Å². The minimum absolute atomic E-state index is 0.481. The first-order valence-electron chi connectivity index (χ1n) is 9.34. The molecule has 0 bridgehead atoms. The van der Waals surface area contributed by atoms with Gasteiger partial charge in [0.1, 0.15) is 5.82 Å². The standard InChI is InChI=1S/C19H27N5O2/c1-25-16-9-14-15(10-17(16)26-2)21-19(22-18(14)20)24-8-5-13(12-24)11-23-6-3-4-7-23/h9-10,13H,3-8,11-12H2,1-2H3,(H2,20,21,22)/t13-/m0/s1. The van der Waals surface area contributed by atoms with Crippen LogP contribution in [0.2, 0.25) is 0 Å². The van der Waals surface area contributed by atoms with Gasteiger partial charge in [0.05, 0.1) is 19.7 Å². The van der Waals surface area contributed by atoms with E-state index in [1.54, 1.807) is 14.2 Å². The molecule has 26 heavy (non-hydrogen) atoms. The number of anilines is 2. The SMILES string of the molecule is COc1cc2nc(N3CC[C@@H](CN4CCCC4)C3)nc(N)c2cc1OC. The van der Waals surface area contributed by atoms with Gasteiger partial charge in [0.15, 0.2) is 11.5 Å². The van der Waals surface area contributed by atoms with E-state index in [1.165, 1.54) is 38.9 Å². The largest absolute Gasteiger partial charge is 0.493 e. The number of benzene rings is 1. The lowest BCUT2D eigenvalue weighted by Gasteiger charge is -2.21. The third-order valence-electron chi connectivity index (χ3n) is 5.50. The monoisotopic (exact) mass is 357 g/mol. The van der Waals surface area contributed by atoms with Crippen LogP contribution in [-0.4, -0.2) is 61.8 Å². The zero-order valence-corrected chi connectivity index (χ0v) is 15.6. The van der Waals surface area contributed by atoms with Crippen LogP contribution in [0.15, 0.2) is 12.1 Å². The number of nitrogen functional groups attached to an aromatic ring is 1. The molecule has 0 unspecified atom stereocenters. The Kier molecular flexibility index (Phi) is 4.72. The van der Waals surface area contributed by atoms with Gasteiger partial charge in [-0.25, -0.2) is 4.98 Å². The van der Waals surface area contributed by atoms with E-state index < -0.39 is 0 Å². The Hall–Kier alpha value is -2.28. The molecule has 0 radical (unpaired) electrons. The van der Waals surface area contributed by atoms with Crippen LogP contribution in [-0.2, 0) is 0 Å². The van der Waals surface area contributed by atoms with Crippen LogP contribution < -0.4 is 20.1 Å². The van der Waals surface area contributed by atoms with Crippen molar-refractivity contribution < 1.29 is 9.47 Å². The van der Waals surface area contributed by atoms with Gasteiger partial charge in [-0.3, -0.25) is 0 Å². The number of hydrogen-bond donors (Lipinski definition) is 1. The average Bonchev–Trinajstić information content (AvgIpc) is 3.33. The Balaban J connectivity index is 1.56. The van der Waals surface area contributed by atoms with E-state index in [0.717, 1.165) is 24.0 Å². The summed E-state index contributed by atoms with van der Waals surface area (Å²) in [6.07, 6.45) is 3.86. The summed E-state index contributed by atoms with van der Waals surface area (Å²) in [6, 6.07) is 3.71. The second-order valence-electron chi connectivity index (χ2n) is 7.24. The van der Waals surface area contributed by atoms with Gasteiger partial charge < -0.3 is 25.0 Å². The van der Waals surface area contributed by atoms with Gasteiger partial charge in [-0.2, -0.15) is 4.98 Å². The van der Waals surface area contributed by atoms with Crippen molar-refractivity contribution in [2.45, 2.75) is 19.3 Å². The maximum Gasteiger partial charge on any atom is 0.227 e. The van der Waals surface area contributed by atoms with E-state index in [4.69, 9.17) is 20.2 Å². The van der Waals surface area contributed by atoms with Gasteiger partial charge in [0, 0.05) is 31.1 Å². The maximum absolute atomic E-state index is 6.22. The summed E-state index contributed by atoms with van der Waals surface area (Å²) in [6.45, 7) is 5.66. The lowest BCUT2D eigenvalue weighted by molar-refractivity contribution is 0.289. The second kappa shape index (κ2) is 7.15. The Bertz CT molecular complexity index is 791. The van der Waals surface area contributed by atoms with Crippen LogP contribution in [0.4, 0.5) is 11.8 Å². The summed E-state index contributed by atoms with van der Waals surface area (Å²) >= 11 is 0. The average molecular weight is 357 g/mol. The lowest BCUT2D eigenvalue weighted by Crippen LogP contribution is -2.29. The number of nitrogens with two attached hydrogens (primary N) is 1. The number of likely N-dealkylation sites (tertiary alicyclic amines) is 1. The number of ether oxygens (including phenoxy) is 2. The summed E-state index contributed by atoms with van der Waals surface area (Å²) in [5, 5.41) is 0.791. The molecule has 1 atom stereocenters. The molecule has 2 aromatic rings. The molecule has 7 heteroatoms. The number of hydrogen-bond acceptors (Lipinski definition) is 7. The Morgan fingerprint density at radius 2 is 1.81 bits per heavy atom. The molecule has 0 amide bonds. The van der Waals surface area contributed by atoms with Crippen molar-refractivity contribution in [3.8, 4) is 11.5 Å². The Morgan fingerprint density at radius 1 is 1.08 bits per heavy atom. The molecular formula is C19H27N5O2. The van der Waals surface area contributed by atoms with Crippen molar-refractivity contribution in [3.63, 3.8) is 0 Å². The molecule has 4 rings (SSSR count). The molecule has 0 aliphatic carbocycles. The van der Waals surface area contributed by atoms with Crippen LogP contribution in [0, 0.1) is 5.92 Å². The third-order valence-corrected chi connectivity index (χ3v) is 5.50. The summed E-state index contributed by atoms with van der Waals surface area (Å²) in [5.41, 5.74) is 7.01. The maximum atomic E-state index is 6.22. The second-order valence-corrected chi connectivity index (χ2v) is 7.24. The Labute approximate surface area is 154 Å². The highest BCUT2D eigenvalue weighted by molar-refractivity contribution is 5.91. The number of nitrogens with zero attached hydrogens (tertiary/aromatic N) is 4. The fourth-order valence-corrected chi connectivity index (χ4v) is 4.10. The normalized spacial score (nSPS) is 20.8. The van der Waals surface area contributed by atoms with Crippen molar-refractivity contribution in [3.05, 3.63) is 12.1 Å². The summed E-state index contributed by atoms with van der Waals surface area (Å²) in [7, 11) is 3.23. The first-order valence-corrected chi connectivity index (χ1v) is 9.34. The van der Waals surface area contributed by atoms with Crippen molar-refractivity contribution >= 4 is 22.7 Å². The fraction of sp³-hybridized carbons (Fsp3) is 0.579. The van der Waals surface area contributed by atoms with E-state index in [9.17, 15) is 0 Å². The van der Waals surface area contributed by atoms with E-state index in [-0.39, 0.29) is 0 Å². The molecule has 7 nitrogen and oxygen atoms in total. The highest BCUT2D eigenvalue weighted by Crippen LogP contribution is 2.34. The van der Waals surface area contributed by atoms with Crippen molar-refractivity contribution in [2.75, 3.05) is 57.6 Å². The highest BCUT2D eigenvalue weighted by Gasteiger charge is 2.27. The van der Waals surface area contributed by atoms with Crippen molar-refractivity contribution in [1.82, 2.24) is 14.9 Å². The molecule has 2 aliphatic heterocycles. The smallest absolute Gasteiger partial charge is 0.227 e. The number of fused-ring (bicyclic) bond motifs is 1. The van der Waals surface area contributed by atoms with Gasteiger partial charge in [-0.15, -0.1) is 0 Å². The molecule has 2 saturated heterocycles. The predicted octanol–water partition coefficient (Wildman–Crippen LogP) is 2.15. The molecule has 1 aromatic carbocycles. The van der Waals surface area contributed by atoms with E-state index in [0.29, 0.717) is 29.2 Å². The van der Waals surface area contributed by atoms with Crippen LogP contribution in [0.3, 0.4) is 0 Å². The molecule has 0 spiro atoms. The first-order chi connectivity index (χ1) is 12.7. The van der Waals surface area contributed by atoms with Gasteiger partial charge in [0.25, 0.3) is 0 Å². The zero-order valence-electron chi connectivity index (χ0n) is 15.6. The third kappa shape index (κ3) is 3.23. The highest BCUT2D eigenvalue weighted by atomic mass is 16.5. The number of aromatic nitrogens is 2. The molecule has 0 saturated carbocycles. The molecular weight excluding hydrogens is 330 g/mol. The van der Waals surface area contributed by atoms with Gasteiger partial charge in [-0.05, 0) is 44.3 Å². The van der Waals surface area contributed by atoms with Crippen molar-refractivity contribution in [2.24, 2.45) is 5.92 Å². The zero-order chi connectivity index (χ0) is 18.1. The van der Waals surface area contributed by atoms with Crippen LogP contribution in [0.1, 0.15) is 19.3 Å². The molecule has 1 aromatic heterocycles. The van der Waals surface area contributed by atoms with E-state index in [1.807, 2.05) is 12.1 Å². The predicted molar refractivity (Wildman–Crippen MR) is 103 cm³/mol. The van der Waals surface area contributed by atoms with E-state index >= 15 is 0 Å². The summed E-state index contributed by atoms with van der Waals surface area (Å²) < 4.78 is 10.8. The van der Waals surface area contributed by atoms with E-state index in [2.05, 4.69) is 14.8 Å². The number of rotatable bonds is 5. The van der Waals surface area contributed by atoms with Crippen LogP contribution in [0.25, 0.3) is 10.9 Å². The minimum Gasteiger partial charge on any atom is -0.493 e. The molecule has 2 aliphatic rings. The van der Waals surface area contributed by atoms with Crippen molar-refractivity contribution in [1.29, 1.82) is 0 Å². The van der Waals surface area contributed by atoms with Crippen LogP contribution >= 0.6 is 0 Å². The van der Waals surface area contributed by atoms with Crippen LogP contribution in [0.5, 0.6) is 11.5 Å². The number of methoxy groups -OCH3 is 2. The molecule has 140 valence electrons. The minimum atomic E-state index is 0.481. The Morgan fingerprint density at radius 3 is 2.54 bits per heavy atom. The van der Waals surface area contributed by atoms with Gasteiger partial charge in [-0.1, -0.05) is 0 Å². The summed E-state index contributed by atoms with van der Waals surface area (Å²) in [4.78, 5) is 14.2. The molecule has 2 fully saturated rings. The topological polar surface area (TPSA) is 76.7 Å².